The van der Waals surface area contributed by atoms with E-state index < -0.39 is 0 Å². The molecule has 1 aromatic carbocycles. The minimum absolute atomic E-state index is 0.0110. The van der Waals surface area contributed by atoms with Gasteiger partial charge in [0.2, 0.25) is 5.75 Å². The van der Waals surface area contributed by atoms with Crippen LogP contribution in [0, 0.1) is 0 Å². The van der Waals surface area contributed by atoms with Gasteiger partial charge in [0.25, 0.3) is 5.91 Å². The number of nitrogens with zero attached hydrogens (tertiary/aromatic N) is 1. The van der Waals surface area contributed by atoms with E-state index in [1.807, 2.05) is 32.7 Å². The van der Waals surface area contributed by atoms with Gasteiger partial charge in [0, 0.05) is 18.7 Å². The molecule has 1 fully saturated rings. The van der Waals surface area contributed by atoms with Gasteiger partial charge in [-0.2, -0.15) is 0 Å². The zero-order valence-electron chi connectivity index (χ0n) is 16.0. The Morgan fingerprint density at radius 3 is 1.96 bits per heavy atom. The smallest absolute Gasteiger partial charge is 0.254 e. The topological polar surface area (TPSA) is 48.0 Å². The molecule has 0 aliphatic heterocycles. The molecule has 0 atom stereocenters. The zero-order valence-corrected chi connectivity index (χ0v) is 16.0. The number of benzene rings is 1. The van der Waals surface area contributed by atoms with Crippen LogP contribution in [0.4, 0.5) is 0 Å². The van der Waals surface area contributed by atoms with Gasteiger partial charge >= 0.3 is 0 Å². The van der Waals surface area contributed by atoms with Crippen molar-refractivity contribution < 1.29 is 19.0 Å². The maximum atomic E-state index is 13.0. The van der Waals surface area contributed by atoms with Crippen molar-refractivity contribution in [1.82, 2.24) is 4.90 Å². The summed E-state index contributed by atoms with van der Waals surface area (Å²) < 4.78 is 17.1. The minimum atomic E-state index is 0.0110. The number of carbonyl (C=O) groups is 1. The van der Waals surface area contributed by atoms with Crippen LogP contribution in [0.3, 0.4) is 0 Å². The molecule has 25 heavy (non-hydrogen) atoms. The molecule has 0 N–H and O–H groups in total. The first-order chi connectivity index (χ1) is 12.1. The predicted molar refractivity (Wildman–Crippen MR) is 98.9 cm³/mol. The molecule has 0 heterocycles. The van der Waals surface area contributed by atoms with E-state index in [-0.39, 0.29) is 5.91 Å². The average molecular weight is 349 g/mol. The summed E-state index contributed by atoms with van der Waals surface area (Å²) in [7, 11) is 1.90. The Balaban J connectivity index is 2.33. The highest BCUT2D eigenvalue weighted by atomic mass is 16.5. The minimum Gasteiger partial charge on any atom is -0.490 e. The maximum Gasteiger partial charge on any atom is 0.254 e. The highest BCUT2D eigenvalue weighted by Crippen LogP contribution is 2.39. The van der Waals surface area contributed by atoms with Crippen molar-refractivity contribution >= 4 is 5.91 Å². The van der Waals surface area contributed by atoms with E-state index in [1.165, 1.54) is 19.3 Å². The molecule has 0 aromatic heterocycles. The maximum absolute atomic E-state index is 13.0. The highest BCUT2D eigenvalue weighted by Gasteiger charge is 2.25. The molecule has 0 bridgehead atoms. The summed E-state index contributed by atoms with van der Waals surface area (Å²) in [4.78, 5) is 14.9. The third kappa shape index (κ3) is 4.80. The molecule has 1 aliphatic carbocycles. The predicted octanol–water partition coefficient (Wildman–Crippen LogP) is 4.29. The number of amides is 1. The summed E-state index contributed by atoms with van der Waals surface area (Å²) in [5, 5.41) is 0. The number of hydrogen-bond donors (Lipinski definition) is 0. The summed E-state index contributed by atoms with van der Waals surface area (Å²) in [6.07, 6.45) is 5.82. The second-order valence-corrected chi connectivity index (χ2v) is 6.31. The van der Waals surface area contributed by atoms with Crippen LogP contribution in [-0.2, 0) is 0 Å². The van der Waals surface area contributed by atoms with Crippen LogP contribution in [-0.4, -0.2) is 43.7 Å². The van der Waals surface area contributed by atoms with E-state index in [4.69, 9.17) is 14.2 Å². The lowest BCUT2D eigenvalue weighted by atomic mass is 9.94. The molecular formula is C20H31NO4. The van der Waals surface area contributed by atoms with E-state index in [0.29, 0.717) is 48.7 Å². The molecule has 2 rings (SSSR count). The van der Waals surface area contributed by atoms with Crippen molar-refractivity contribution in [3.05, 3.63) is 17.7 Å². The first-order valence-corrected chi connectivity index (χ1v) is 9.45. The Kier molecular flexibility index (Phi) is 7.41. The van der Waals surface area contributed by atoms with Crippen molar-refractivity contribution in [1.29, 1.82) is 0 Å². The Bertz CT molecular complexity index is 540. The van der Waals surface area contributed by atoms with E-state index in [9.17, 15) is 4.79 Å². The van der Waals surface area contributed by atoms with Crippen LogP contribution in [0.2, 0.25) is 0 Å². The lowest BCUT2D eigenvalue weighted by molar-refractivity contribution is 0.0695. The van der Waals surface area contributed by atoms with Crippen molar-refractivity contribution in [2.24, 2.45) is 0 Å². The normalized spacial score (nSPS) is 14.9. The van der Waals surface area contributed by atoms with Gasteiger partial charge in [-0.3, -0.25) is 4.79 Å². The molecule has 1 aliphatic rings. The van der Waals surface area contributed by atoms with Gasteiger partial charge in [-0.15, -0.1) is 0 Å². The molecular weight excluding hydrogens is 318 g/mol. The molecule has 140 valence electrons. The Hall–Kier alpha value is -1.91. The van der Waals surface area contributed by atoms with E-state index in [0.717, 1.165) is 12.8 Å². The number of rotatable bonds is 8. The van der Waals surface area contributed by atoms with Crippen molar-refractivity contribution in [3.8, 4) is 17.2 Å². The van der Waals surface area contributed by atoms with Gasteiger partial charge in [0.1, 0.15) is 0 Å². The van der Waals surface area contributed by atoms with Gasteiger partial charge < -0.3 is 19.1 Å². The fourth-order valence-corrected chi connectivity index (χ4v) is 3.35. The van der Waals surface area contributed by atoms with Crippen LogP contribution in [0.15, 0.2) is 12.1 Å². The Morgan fingerprint density at radius 1 is 0.960 bits per heavy atom. The van der Waals surface area contributed by atoms with Crippen LogP contribution in [0.1, 0.15) is 63.2 Å². The summed E-state index contributed by atoms with van der Waals surface area (Å²) in [6, 6.07) is 3.87. The highest BCUT2D eigenvalue weighted by molar-refractivity contribution is 5.95. The molecule has 1 amide bonds. The van der Waals surface area contributed by atoms with Crippen LogP contribution in [0.25, 0.3) is 0 Å². The molecule has 1 saturated carbocycles. The Labute approximate surface area is 151 Å². The molecule has 5 nitrogen and oxygen atoms in total. The van der Waals surface area contributed by atoms with E-state index in [2.05, 4.69) is 0 Å². The lowest BCUT2D eigenvalue weighted by Gasteiger charge is -2.31. The molecule has 0 unspecified atom stereocenters. The third-order valence-electron chi connectivity index (χ3n) is 4.60. The molecule has 0 saturated heterocycles. The second-order valence-electron chi connectivity index (χ2n) is 6.31. The molecule has 0 spiro atoms. The first-order valence-electron chi connectivity index (χ1n) is 9.45. The van der Waals surface area contributed by atoms with Crippen molar-refractivity contribution in [3.63, 3.8) is 0 Å². The summed E-state index contributed by atoms with van der Waals surface area (Å²) >= 11 is 0. The fourth-order valence-electron chi connectivity index (χ4n) is 3.35. The zero-order chi connectivity index (χ0) is 18.2. The summed E-state index contributed by atoms with van der Waals surface area (Å²) in [6.45, 7) is 7.26. The molecule has 5 heteroatoms. The third-order valence-corrected chi connectivity index (χ3v) is 4.60. The standard InChI is InChI=1S/C20H31NO4/c1-5-23-17-13-15(14-18(24-6-2)19(17)25-7-3)20(22)21(4)16-11-9-8-10-12-16/h13-14,16H,5-12H2,1-4H3. The summed E-state index contributed by atoms with van der Waals surface area (Å²) in [5.74, 6) is 1.71. The Morgan fingerprint density at radius 2 is 1.48 bits per heavy atom. The summed E-state index contributed by atoms with van der Waals surface area (Å²) in [5.41, 5.74) is 0.587. The van der Waals surface area contributed by atoms with Gasteiger partial charge in [-0.05, 0) is 45.7 Å². The van der Waals surface area contributed by atoms with Crippen molar-refractivity contribution in [2.45, 2.75) is 58.9 Å². The molecule has 1 aromatic rings. The number of carbonyl (C=O) groups excluding carboxylic acids is 1. The second kappa shape index (κ2) is 9.54. The van der Waals surface area contributed by atoms with Crippen LogP contribution < -0.4 is 14.2 Å². The fraction of sp³-hybridized carbons (Fsp3) is 0.650. The lowest BCUT2D eigenvalue weighted by Crippen LogP contribution is -2.38. The number of ether oxygens (including phenoxy) is 3. The average Bonchev–Trinajstić information content (AvgIpc) is 2.64. The molecule has 0 radical (unpaired) electrons. The quantitative estimate of drug-likeness (QED) is 0.702. The van der Waals surface area contributed by atoms with Gasteiger partial charge in [0.15, 0.2) is 11.5 Å². The van der Waals surface area contributed by atoms with Gasteiger partial charge in [-0.1, -0.05) is 19.3 Å². The van der Waals surface area contributed by atoms with E-state index in [1.54, 1.807) is 12.1 Å². The van der Waals surface area contributed by atoms with Gasteiger partial charge in [-0.25, -0.2) is 0 Å². The van der Waals surface area contributed by atoms with E-state index >= 15 is 0 Å². The number of hydrogen-bond acceptors (Lipinski definition) is 4. The van der Waals surface area contributed by atoms with Gasteiger partial charge in [0.05, 0.1) is 19.8 Å². The largest absolute Gasteiger partial charge is 0.490 e. The monoisotopic (exact) mass is 349 g/mol. The van der Waals surface area contributed by atoms with Crippen LogP contribution >= 0.6 is 0 Å². The SMILES string of the molecule is CCOc1cc(C(=O)N(C)C2CCCCC2)cc(OCC)c1OCC. The van der Waals surface area contributed by atoms with Crippen molar-refractivity contribution in [2.75, 3.05) is 26.9 Å². The van der Waals surface area contributed by atoms with Crippen LogP contribution in [0.5, 0.6) is 17.2 Å². The first kappa shape index (κ1) is 19.4.